The van der Waals surface area contributed by atoms with Crippen molar-refractivity contribution in [3.05, 3.63) is 53.2 Å². The van der Waals surface area contributed by atoms with Gasteiger partial charge in [0.1, 0.15) is 11.6 Å². The molecule has 0 aliphatic carbocycles. The highest BCUT2D eigenvalue weighted by atomic mass is 32.1. The lowest BCUT2D eigenvalue weighted by atomic mass is 9.98. The van der Waals surface area contributed by atoms with Crippen molar-refractivity contribution in [2.45, 2.75) is 12.8 Å². The summed E-state index contributed by atoms with van der Waals surface area (Å²) in [5.41, 5.74) is 1.32. The van der Waals surface area contributed by atoms with E-state index >= 15 is 0 Å². The Labute approximate surface area is 161 Å². The molecule has 1 aliphatic heterocycles. The Bertz CT molecular complexity index is 969. The number of ether oxygens (including phenoxy) is 1. The molecular formula is C20H18N4O2S. The molecule has 27 heavy (non-hydrogen) atoms. The zero-order chi connectivity index (χ0) is 18.6. The van der Waals surface area contributed by atoms with Crippen LogP contribution < -0.4 is 4.74 Å². The first-order valence-corrected chi connectivity index (χ1v) is 9.69. The number of carbonyl (C=O) groups excluding carboxylic acids is 1. The number of likely N-dealkylation sites (tertiary alicyclic amines) is 1. The molecular weight excluding hydrogens is 360 g/mol. The number of nitriles is 1. The summed E-state index contributed by atoms with van der Waals surface area (Å²) in [5.74, 6) is 0.734. The Morgan fingerprint density at radius 2 is 2.07 bits per heavy atom. The highest BCUT2D eigenvalue weighted by Crippen LogP contribution is 2.25. The number of carbonyl (C=O) groups is 1. The lowest BCUT2D eigenvalue weighted by molar-refractivity contribution is 0.0659. The Balaban J connectivity index is 1.33. The molecule has 0 atom stereocenters. The van der Waals surface area contributed by atoms with E-state index in [9.17, 15) is 4.79 Å². The van der Waals surface area contributed by atoms with Crippen LogP contribution in [0.4, 0.5) is 0 Å². The molecule has 1 saturated heterocycles. The van der Waals surface area contributed by atoms with Gasteiger partial charge in [-0.25, -0.2) is 9.97 Å². The summed E-state index contributed by atoms with van der Waals surface area (Å²) < 4.78 is 6.78. The van der Waals surface area contributed by atoms with E-state index in [0.29, 0.717) is 42.1 Å². The van der Waals surface area contributed by atoms with Crippen LogP contribution >= 0.6 is 11.3 Å². The molecule has 2 aromatic heterocycles. The summed E-state index contributed by atoms with van der Waals surface area (Å²) in [6, 6.07) is 13.3. The molecule has 1 aromatic carbocycles. The van der Waals surface area contributed by atoms with E-state index in [1.54, 1.807) is 18.3 Å². The van der Waals surface area contributed by atoms with Gasteiger partial charge < -0.3 is 9.64 Å². The minimum absolute atomic E-state index is 0.00654. The summed E-state index contributed by atoms with van der Waals surface area (Å²) in [6.07, 6.45) is 3.35. The average Bonchev–Trinajstić information content (AvgIpc) is 3.16. The number of amides is 1. The van der Waals surface area contributed by atoms with Crippen molar-refractivity contribution in [1.82, 2.24) is 14.9 Å². The van der Waals surface area contributed by atoms with Crippen LogP contribution in [-0.4, -0.2) is 40.5 Å². The van der Waals surface area contributed by atoms with Gasteiger partial charge in [0, 0.05) is 19.3 Å². The topological polar surface area (TPSA) is 79.1 Å². The van der Waals surface area contributed by atoms with Crippen LogP contribution in [0.15, 0.2) is 42.6 Å². The van der Waals surface area contributed by atoms with Gasteiger partial charge in [0.25, 0.3) is 5.91 Å². The summed E-state index contributed by atoms with van der Waals surface area (Å²) in [5, 5.41) is 9.65. The fourth-order valence-corrected chi connectivity index (χ4v) is 4.12. The first-order chi connectivity index (χ1) is 13.2. The summed E-state index contributed by atoms with van der Waals surface area (Å²) >= 11 is 1.45. The van der Waals surface area contributed by atoms with Crippen molar-refractivity contribution < 1.29 is 9.53 Å². The van der Waals surface area contributed by atoms with Gasteiger partial charge >= 0.3 is 0 Å². The number of fused-ring (bicyclic) bond motifs is 1. The van der Waals surface area contributed by atoms with Crippen molar-refractivity contribution in [1.29, 1.82) is 5.26 Å². The van der Waals surface area contributed by atoms with Gasteiger partial charge in [0.05, 0.1) is 16.8 Å². The molecule has 0 spiro atoms. The van der Waals surface area contributed by atoms with Gasteiger partial charge in [-0.2, -0.15) is 5.26 Å². The third-order valence-electron chi connectivity index (χ3n) is 4.73. The maximum absolute atomic E-state index is 12.7. The molecule has 0 unspecified atom stereocenters. The van der Waals surface area contributed by atoms with Crippen molar-refractivity contribution in [3.8, 4) is 11.9 Å². The molecule has 1 fully saturated rings. The van der Waals surface area contributed by atoms with E-state index in [-0.39, 0.29) is 5.91 Å². The normalized spacial score (nSPS) is 14.9. The SMILES string of the molecule is N#Cc1cccnc1OCC1CCN(C(=O)c2nc3ccccc3s2)CC1. The monoisotopic (exact) mass is 378 g/mol. The second-order valence-electron chi connectivity index (χ2n) is 6.50. The molecule has 3 aromatic rings. The largest absolute Gasteiger partial charge is 0.476 e. The number of hydrogen-bond acceptors (Lipinski definition) is 6. The van der Waals surface area contributed by atoms with E-state index in [4.69, 9.17) is 10.00 Å². The van der Waals surface area contributed by atoms with E-state index in [2.05, 4.69) is 16.0 Å². The highest BCUT2D eigenvalue weighted by Gasteiger charge is 2.26. The molecule has 6 nitrogen and oxygen atoms in total. The lowest BCUT2D eigenvalue weighted by Gasteiger charge is -2.31. The molecule has 7 heteroatoms. The lowest BCUT2D eigenvalue weighted by Crippen LogP contribution is -2.39. The van der Waals surface area contributed by atoms with Crippen LogP contribution in [0.1, 0.15) is 28.2 Å². The molecule has 136 valence electrons. The standard InChI is InChI=1S/C20H18N4O2S/c21-12-15-4-3-9-22-18(15)26-13-14-7-10-24(11-8-14)20(25)19-23-16-5-1-2-6-17(16)27-19/h1-6,9,14H,7-8,10-11,13H2. The Kier molecular flexibility index (Phi) is 4.99. The molecule has 1 amide bonds. The van der Waals surface area contributed by atoms with Gasteiger partial charge in [0.15, 0.2) is 5.01 Å². The molecule has 0 saturated carbocycles. The number of aromatic nitrogens is 2. The molecule has 3 heterocycles. The van der Waals surface area contributed by atoms with Gasteiger partial charge in [-0.3, -0.25) is 4.79 Å². The Morgan fingerprint density at radius 3 is 2.85 bits per heavy atom. The molecule has 0 radical (unpaired) electrons. The predicted molar refractivity (Wildman–Crippen MR) is 103 cm³/mol. The third-order valence-corrected chi connectivity index (χ3v) is 5.75. The number of nitrogens with zero attached hydrogens (tertiary/aromatic N) is 4. The smallest absolute Gasteiger partial charge is 0.282 e. The third kappa shape index (κ3) is 3.76. The maximum atomic E-state index is 12.7. The number of para-hydroxylation sites is 1. The molecule has 0 bridgehead atoms. The maximum Gasteiger partial charge on any atom is 0.282 e. The summed E-state index contributed by atoms with van der Waals surface area (Å²) in [4.78, 5) is 23.2. The van der Waals surface area contributed by atoms with Crippen LogP contribution in [-0.2, 0) is 0 Å². The number of rotatable bonds is 4. The van der Waals surface area contributed by atoms with Crippen LogP contribution in [0.3, 0.4) is 0 Å². The van der Waals surface area contributed by atoms with Gasteiger partial charge in [-0.1, -0.05) is 12.1 Å². The highest BCUT2D eigenvalue weighted by molar-refractivity contribution is 7.20. The molecule has 1 aliphatic rings. The van der Waals surface area contributed by atoms with E-state index in [1.165, 1.54) is 11.3 Å². The van der Waals surface area contributed by atoms with Crippen LogP contribution in [0.25, 0.3) is 10.2 Å². The van der Waals surface area contributed by atoms with Crippen molar-refractivity contribution in [3.63, 3.8) is 0 Å². The second kappa shape index (κ2) is 7.72. The predicted octanol–water partition coefficient (Wildman–Crippen LogP) is 3.49. The van der Waals surface area contributed by atoms with E-state index in [1.807, 2.05) is 29.2 Å². The Morgan fingerprint density at radius 1 is 1.26 bits per heavy atom. The number of thiazole rings is 1. The van der Waals surface area contributed by atoms with E-state index < -0.39 is 0 Å². The van der Waals surface area contributed by atoms with E-state index in [0.717, 1.165) is 23.1 Å². The number of hydrogen-bond donors (Lipinski definition) is 0. The average molecular weight is 378 g/mol. The van der Waals surface area contributed by atoms with Crippen molar-refractivity contribution in [2.75, 3.05) is 19.7 Å². The first-order valence-electron chi connectivity index (χ1n) is 8.87. The zero-order valence-electron chi connectivity index (χ0n) is 14.7. The fraction of sp³-hybridized carbons (Fsp3) is 0.300. The number of benzene rings is 1. The van der Waals surface area contributed by atoms with Gasteiger partial charge in [-0.05, 0) is 43.0 Å². The van der Waals surface area contributed by atoms with Crippen molar-refractivity contribution >= 4 is 27.5 Å². The van der Waals surface area contributed by atoms with Crippen LogP contribution in [0, 0.1) is 17.2 Å². The molecule has 4 rings (SSSR count). The van der Waals surface area contributed by atoms with Crippen LogP contribution in [0.5, 0.6) is 5.88 Å². The number of piperidine rings is 1. The Hall–Kier alpha value is -2.98. The second-order valence-corrected chi connectivity index (χ2v) is 7.53. The van der Waals surface area contributed by atoms with Crippen LogP contribution in [0.2, 0.25) is 0 Å². The number of pyridine rings is 1. The first kappa shape index (κ1) is 17.4. The zero-order valence-corrected chi connectivity index (χ0v) is 15.5. The van der Waals surface area contributed by atoms with Gasteiger partial charge in [0.2, 0.25) is 5.88 Å². The minimum atomic E-state index is 0.00654. The summed E-state index contributed by atoms with van der Waals surface area (Å²) in [6.45, 7) is 1.89. The fourth-order valence-electron chi connectivity index (χ4n) is 3.19. The molecule has 0 N–H and O–H groups in total. The summed E-state index contributed by atoms with van der Waals surface area (Å²) in [7, 11) is 0. The van der Waals surface area contributed by atoms with Gasteiger partial charge in [-0.15, -0.1) is 11.3 Å². The quantitative estimate of drug-likeness (QED) is 0.694. The van der Waals surface area contributed by atoms with Crippen molar-refractivity contribution in [2.24, 2.45) is 5.92 Å². The minimum Gasteiger partial charge on any atom is -0.476 e.